The number of hydrogen-bond acceptors (Lipinski definition) is 1. The number of rotatable bonds is 22. The molecule has 0 heterocycles. The monoisotopic (exact) mass is 402 g/mol. The molecule has 0 aliphatic rings. The second-order valence-corrected chi connectivity index (χ2v) is 8.86. The molecule has 1 aromatic carbocycles. The molecule has 0 unspecified atom stereocenters. The van der Waals surface area contributed by atoms with Crippen LogP contribution in [0.5, 0.6) is 0 Å². The first-order valence-corrected chi connectivity index (χ1v) is 13.0. The van der Waals surface area contributed by atoms with Gasteiger partial charge in [-0.3, -0.25) is 0 Å². The SMILES string of the molecule is CCCCCCCCCCCCCCCCCCOCCCCc1ccccc1. The van der Waals surface area contributed by atoms with Crippen molar-refractivity contribution >= 4 is 0 Å². The average molecular weight is 403 g/mol. The third-order valence-corrected chi connectivity index (χ3v) is 5.99. The van der Waals surface area contributed by atoms with Crippen LogP contribution in [0.1, 0.15) is 128 Å². The summed E-state index contributed by atoms with van der Waals surface area (Å²) in [5.41, 5.74) is 1.45. The van der Waals surface area contributed by atoms with Gasteiger partial charge in [-0.05, 0) is 31.2 Å². The van der Waals surface area contributed by atoms with Crippen molar-refractivity contribution in [2.24, 2.45) is 0 Å². The van der Waals surface area contributed by atoms with Gasteiger partial charge in [0.05, 0.1) is 0 Å². The van der Waals surface area contributed by atoms with Crippen LogP contribution in [0.3, 0.4) is 0 Å². The normalized spacial score (nSPS) is 11.2. The van der Waals surface area contributed by atoms with E-state index in [4.69, 9.17) is 4.74 Å². The number of aryl methyl sites for hydroxylation is 1. The summed E-state index contributed by atoms with van der Waals surface area (Å²) in [5, 5.41) is 0. The summed E-state index contributed by atoms with van der Waals surface area (Å²) in [6.07, 6.45) is 26.4. The van der Waals surface area contributed by atoms with Crippen LogP contribution >= 0.6 is 0 Å². The Morgan fingerprint density at radius 2 is 0.897 bits per heavy atom. The molecule has 0 aliphatic carbocycles. The highest BCUT2D eigenvalue weighted by Gasteiger charge is 1.96. The number of unbranched alkanes of at least 4 members (excludes halogenated alkanes) is 16. The number of ether oxygens (including phenoxy) is 1. The molecule has 0 fully saturated rings. The first-order valence-electron chi connectivity index (χ1n) is 13.0. The van der Waals surface area contributed by atoms with Crippen LogP contribution in [0.15, 0.2) is 30.3 Å². The lowest BCUT2D eigenvalue weighted by atomic mass is 10.0. The van der Waals surface area contributed by atoms with E-state index < -0.39 is 0 Å². The summed E-state index contributed by atoms with van der Waals surface area (Å²) < 4.78 is 5.79. The van der Waals surface area contributed by atoms with Gasteiger partial charge in [0, 0.05) is 13.2 Å². The van der Waals surface area contributed by atoms with Gasteiger partial charge in [-0.2, -0.15) is 0 Å². The highest BCUT2D eigenvalue weighted by Crippen LogP contribution is 2.13. The molecule has 0 bridgehead atoms. The van der Waals surface area contributed by atoms with Crippen molar-refractivity contribution in [1.82, 2.24) is 0 Å². The summed E-state index contributed by atoms with van der Waals surface area (Å²) in [6.45, 7) is 4.19. The topological polar surface area (TPSA) is 9.23 Å². The third kappa shape index (κ3) is 18.9. The van der Waals surface area contributed by atoms with Crippen LogP contribution in [0.25, 0.3) is 0 Å². The Morgan fingerprint density at radius 3 is 1.38 bits per heavy atom. The summed E-state index contributed by atoms with van der Waals surface area (Å²) in [7, 11) is 0. The lowest BCUT2D eigenvalue weighted by molar-refractivity contribution is 0.126. The van der Waals surface area contributed by atoms with E-state index in [2.05, 4.69) is 37.3 Å². The van der Waals surface area contributed by atoms with E-state index in [1.165, 1.54) is 128 Å². The number of benzene rings is 1. The molecule has 0 atom stereocenters. The van der Waals surface area contributed by atoms with Crippen molar-refractivity contribution in [3.8, 4) is 0 Å². The van der Waals surface area contributed by atoms with E-state index in [0.29, 0.717) is 0 Å². The van der Waals surface area contributed by atoms with Crippen molar-refractivity contribution in [2.45, 2.75) is 129 Å². The van der Waals surface area contributed by atoms with Crippen molar-refractivity contribution in [2.75, 3.05) is 13.2 Å². The quantitative estimate of drug-likeness (QED) is 0.176. The van der Waals surface area contributed by atoms with Crippen molar-refractivity contribution in [1.29, 1.82) is 0 Å². The van der Waals surface area contributed by atoms with Crippen molar-refractivity contribution in [3.05, 3.63) is 35.9 Å². The molecule has 0 aromatic heterocycles. The molecular weight excluding hydrogens is 352 g/mol. The van der Waals surface area contributed by atoms with Crippen LogP contribution in [0, 0.1) is 0 Å². The van der Waals surface area contributed by atoms with E-state index >= 15 is 0 Å². The van der Waals surface area contributed by atoms with Crippen LogP contribution in [-0.2, 0) is 11.2 Å². The molecule has 0 saturated heterocycles. The lowest BCUT2D eigenvalue weighted by Crippen LogP contribution is -1.98. The van der Waals surface area contributed by atoms with Gasteiger partial charge in [-0.1, -0.05) is 134 Å². The minimum Gasteiger partial charge on any atom is -0.381 e. The Bertz CT molecular complexity index is 414. The van der Waals surface area contributed by atoms with Crippen LogP contribution in [-0.4, -0.2) is 13.2 Å². The van der Waals surface area contributed by atoms with Gasteiger partial charge in [0.25, 0.3) is 0 Å². The maximum Gasteiger partial charge on any atom is 0.0466 e. The predicted molar refractivity (Wildman–Crippen MR) is 130 cm³/mol. The zero-order chi connectivity index (χ0) is 20.7. The molecule has 1 heteroatoms. The highest BCUT2D eigenvalue weighted by atomic mass is 16.5. The lowest BCUT2D eigenvalue weighted by Gasteiger charge is -2.05. The Balaban J connectivity index is 1.66. The molecule has 0 radical (unpaired) electrons. The Hall–Kier alpha value is -0.820. The zero-order valence-corrected chi connectivity index (χ0v) is 19.6. The summed E-state index contributed by atoms with van der Waals surface area (Å²) in [4.78, 5) is 0. The first-order chi connectivity index (χ1) is 14.4. The zero-order valence-electron chi connectivity index (χ0n) is 19.6. The molecule has 0 aliphatic heterocycles. The van der Waals surface area contributed by atoms with Crippen molar-refractivity contribution < 1.29 is 4.74 Å². The first kappa shape index (κ1) is 26.2. The fourth-order valence-electron chi connectivity index (χ4n) is 4.03. The van der Waals surface area contributed by atoms with E-state index in [0.717, 1.165) is 13.2 Å². The molecule has 0 N–H and O–H groups in total. The van der Waals surface area contributed by atoms with E-state index in [1.54, 1.807) is 0 Å². The molecule has 0 spiro atoms. The maximum absolute atomic E-state index is 5.79. The summed E-state index contributed by atoms with van der Waals surface area (Å²) in [6, 6.07) is 10.8. The fourth-order valence-corrected chi connectivity index (χ4v) is 4.03. The standard InChI is InChI=1S/C28H50O/c1-2-3-4-5-6-7-8-9-10-11-12-13-14-15-16-21-26-29-27-22-20-25-28-23-18-17-19-24-28/h17-19,23-24H,2-16,20-22,25-27H2,1H3. The van der Waals surface area contributed by atoms with E-state index in [-0.39, 0.29) is 0 Å². The smallest absolute Gasteiger partial charge is 0.0466 e. The highest BCUT2D eigenvalue weighted by molar-refractivity contribution is 5.14. The summed E-state index contributed by atoms with van der Waals surface area (Å²) >= 11 is 0. The molecule has 0 amide bonds. The van der Waals surface area contributed by atoms with Gasteiger partial charge >= 0.3 is 0 Å². The van der Waals surface area contributed by atoms with Gasteiger partial charge in [0.1, 0.15) is 0 Å². The van der Waals surface area contributed by atoms with Gasteiger partial charge in [-0.15, -0.1) is 0 Å². The van der Waals surface area contributed by atoms with Gasteiger partial charge in [0.2, 0.25) is 0 Å². The Kier molecular flexibility index (Phi) is 19.8. The van der Waals surface area contributed by atoms with Gasteiger partial charge < -0.3 is 4.74 Å². The summed E-state index contributed by atoms with van der Waals surface area (Å²) in [5.74, 6) is 0. The predicted octanol–water partition coefficient (Wildman–Crippen LogP) is 9.29. The van der Waals surface area contributed by atoms with E-state index in [9.17, 15) is 0 Å². The van der Waals surface area contributed by atoms with Crippen LogP contribution in [0.2, 0.25) is 0 Å². The molecule has 168 valence electrons. The molecule has 1 nitrogen and oxygen atoms in total. The molecule has 0 saturated carbocycles. The minimum absolute atomic E-state index is 0.936. The minimum atomic E-state index is 0.936. The molecular formula is C28H50O. The third-order valence-electron chi connectivity index (χ3n) is 5.99. The molecule has 1 rings (SSSR count). The molecule has 1 aromatic rings. The fraction of sp³-hybridized carbons (Fsp3) is 0.786. The van der Waals surface area contributed by atoms with Crippen molar-refractivity contribution in [3.63, 3.8) is 0 Å². The largest absolute Gasteiger partial charge is 0.381 e. The van der Waals surface area contributed by atoms with Crippen LogP contribution < -0.4 is 0 Å². The Morgan fingerprint density at radius 1 is 0.483 bits per heavy atom. The Labute approximate surface area is 183 Å². The van der Waals surface area contributed by atoms with E-state index in [1.807, 2.05) is 0 Å². The van der Waals surface area contributed by atoms with Crippen LogP contribution in [0.4, 0.5) is 0 Å². The number of hydrogen-bond donors (Lipinski definition) is 0. The second kappa shape index (κ2) is 21.9. The molecule has 29 heavy (non-hydrogen) atoms. The van der Waals surface area contributed by atoms with Gasteiger partial charge in [-0.25, -0.2) is 0 Å². The average Bonchev–Trinajstić information content (AvgIpc) is 2.75. The second-order valence-electron chi connectivity index (χ2n) is 8.86. The maximum atomic E-state index is 5.79. The van der Waals surface area contributed by atoms with Gasteiger partial charge in [0.15, 0.2) is 0 Å².